The summed E-state index contributed by atoms with van der Waals surface area (Å²) in [5.74, 6) is -0.441. The number of amides is 2. The number of hydrogen-bond acceptors (Lipinski definition) is 2. The number of hydrogen-bond donors (Lipinski definition) is 1. The average Bonchev–Trinajstić information content (AvgIpc) is 2.49. The molecule has 1 unspecified atom stereocenters. The quantitative estimate of drug-likeness (QED) is 0.686. The predicted molar refractivity (Wildman–Crippen MR) is 95.4 cm³/mol. The maximum atomic E-state index is 12.0. The standard InChI is InChI=1S/C17H27NO2.C2H6/c1-7-9-16(19)18-17(20)14(6)15(8-2)11-10-13(5)12(3)4;1-2/h8,10-12,14H,5,7,9H2,1-4,6H3,(H,18,19,20);1-2H3/b11-10-,15-8+;. The fourth-order valence-electron chi connectivity index (χ4n) is 1.57. The van der Waals surface area contributed by atoms with Gasteiger partial charge in [0.2, 0.25) is 11.8 Å². The van der Waals surface area contributed by atoms with Crippen molar-refractivity contribution in [3.05, 3.63) is 36.0 Å². The lowest BCUT2D eigenvalue weighted by molar-refractivity contribution is -0.131. The van der Waals surface area contributed by atoms with Gasteiger partial charge >= 0.3 is 0 Å². The molecule has 0 rings (SSSR count). The molecule has 0 aromatic carbocycles. The van der Waals surface area contributed by atoms with E-state index in [2.05, 4.69) is 25.7 Å². The zero-order valence-corrected chi connectivity index (χ0v) is 15.3. The molecule has 0 spiro atoms. The molecule has 0 radical (unpaired) electrons. The zero-order chi connectivity index (χ0) is 17.7. The normalized spacial score (nSPS) is 12.6. The second-order valence-corrected chi connectivity index (χ2v) is 5.24. The Morgan fingerprint density at radius 3 is 2.09 bits per heavy atom. The molecule has 126 valence electrons. The molecular formula is C19H33NO2. The summed E-state index contributed by atoms with van der Waals surface area (Å²) in [5, 5.41) is 2.43. The number of carbonyl (C=O) groups excluding carboxylic acids is 2. The number of rotatable bonds is 7. The van der Waals surface area contributed by atoms with Crippen molar-refractivity contribution >= 4 is 11.8 Å². The maximum Gasteiger partial charge on any atom is 0.233 e. The van der Waals surface area contributed by atoms with Crippen molar-refractivity contribution in [3.63, 3.8) is 0 Å². The highest BCUT2D eigenvalue weighted by Crippen LogP contribution is 2.15. The second-order valence-electron chi connectivity index (χ2n) is 5.24. The number of allylic oxidation sites excluding steroid dienone is 4. The summed E-state index contributed by atoms with van der Waals surface area (Å²) in [6.07, 6.45) is 6.83. The Hall–Kier alpha value is -1.64. The third-order valence-corrected chi connectivity index (χ3v) is 3.20. The van der Waals surface area contributed by atoms with Gasteiger partial charge in [-0.25, -0.2) is 0 Å². The van der Waals surface area contributed by atoms with Gasteiger partial charge in [-0.05, 0) is 31.8 Å². The fourth-order valence-corrected chi connectivity index (χ4v) is 1.57. The Morgan fingerprint density at radius 2 is 1.68 bits per heavy atom. The molecule has 0 aromatic heterocycles. The van der Waals surface area contributed by atoms with Crippen LogP contribution in [0.25, 0.3) is 0 Å². The number of imide groups is 1. The third kappa shape index (κ3) is 9.32. The van der Waals surface area contributed by atoms with Gasteiger partial charge in [0.05, 0.1) is 5.92 Å². The summed E-state index contributed by atoms with van der Waals surface area (Å²) in [7, 11) is 0. The highest BCUT2D eigenvalue weighted by atomic mass is 16.2. The topological polar surface area (TPSA) is 46.2 Å². The first-order valence-corrected chi connectivity index (χ1v) is 8.20. The molecular weight excluding hydrogens is 274 g/mol. The van der Waals surface area contributed by atoms with E-state index in [-0.39, 0.29) is 17.7 Å². The van der Waals surface area contributed by atoms with Crippen LogP contribution in [0.1, 0.15) is 61.3 Å². The smallest absolute Gasteiger partial charge is 0.233 e. The Bertz CT molecular complexity index is 417. The van der Waals surface area contributed by atoms with Crippen LogP contribution in [0.2, 0.25) is 0 Å². The van der Waals surface area contributed by atoms with Crippen LogP contribution < -0.4 is 5.32 Å². The van der Waals surface area contributed by atoms with E-state index in [0.29, 0.717) is 12.3 Å². The van der Waals surface area contributed by atoms with Crippen LogP contribution in [0.15, 0.2) is 36.0 Å². The minimum Gasteiger partial charge on any atom is -0.296 e. The Balaban J connectivity index is 0. The molecule has 0 fully saturated rings. The van der Waals surface area contributed by atoms with Crippen LogP contribution >= 0.6 is 0 Å². The molecule has 1 atom stereocenters. The van der Waals surface area contributed by atoms with Gasteiger partial charge in [0, 0.05) is 6.42 Å². The molecule has 0 bridgehead atoms. The first kappa shape index (κ1) is 22.6. The summed E-state index contributed by atoms with van der Waals surface area (Å²) in [4.78, 5) is 23.4. The van der Waals surface area contributed by atoms with Crippen molar-refractivity contribution in [1.29, 1.82) is 0 Å². The maximum absolute atomic E-state index is 12.0. The fraction of sp³-hybridized carbons (Fsp3) is 0.579. The lowest BCUT2D eigenvalue weighted by atomic mass is 9.97. The second kappa shape index (κ2) is 13.1. The van der Waals surface area contributed by atoms with Crippen LogP contribution in [-0.4, -0.2) is 11.8 Å². The van der Waals surface area contributed by atoms with E-state index in [4.69, 9.17) is 0 Å². The highest BCUT2D eigenvalue weighted by molar-refractivity contribution is 5.97. The lowest BCUT2D eigenvalue weighted by Gasteiger charge is -2.13. The van der Waals surface area contributed by atoms with Gasteiger partial charge < -0.3 is 0 Å². The molecule has 0 aliphatic rings. The molecule has 22 heavy (non-hydrogen) atoms. The highest BCUT2D eigenvalue weighted by Gasteiger charge is 2.17. The Labute approximate surface area is 136 Å². The largest absolute Gasteiger partial charge is 0.296 e. The van der Waals surface area contributed by atoms with Crippen molar-refractivity contribution in [2.45, 2.75) is 61.3 Å². The first-order chi connectivity index (χ1) is 10.3. The SMILES string of the molecule is C=C(/C=C\C(=C/C)C(C)C(=O)NC(=O)CCC)C(C)C.CC. The van der Waals surface area contributed by atoms with Crippen molar-refractivity contribution < 1.29 is 9.59 Å². The van der Waals surface area contributed by atoms with E-state index in [1.807, 2.05) is 45.9 Å². The van der Waals surface area contributed by atoms with Crippen LogP contribution in [0.5, 0.6) is 0 Å². The Morgan fingerprint density at radius 1 is 1.14 bits per heavy atom. The summed E-state index contributed by atoms with van der Waals surface area (Å²) >= 11 is 0. The predicted octanol–water partition coefficient (Wildman–Crippen LogP) is 4.81. The van der Waals surface area contributed by atoms with Gasteiger partial charge in [-0.3, -0.25) is 14.9 Å². The third-order valence-electron chi connectivity index (χ3n) is 3.20. The first-order valence-electron chi connectivity index (χ1n) is 8.20. The monoisotopic (exact) mass is 307 g/mol. The van der Waals surface area contributed by atoms with E-state index in [9.17, 15) is 9.59 Å². The molecule has 1 N–H and O–H groups in total. The molecule has 0 saturated heterocycles. The Kier molecular flexibility index (Phi) is 13.4. The minimum atomic E-state index is -0.350. The van der Waals surface area contributed by atoms with Gasteiger partial charge in [-0.2, -0.15) is 0 Å². The van der Waals surface area contributed by atoms with Crippen molar-refractivity contribution in [1.82, 2.24) is 5.32 Å². The molecule has 0 aromatic rings. The summed E-state index contributed by atoms with van der Waals surface area (Å²) in [5.41, 5.74) is 1.90. The van der Waals surface area contributed by atoms with Gasteiger partial charge in [0.25, 0.3) is 0 Å². The van der Waals surface area contributed by atoms with E-state index < -0.39 is 0 Å². The van der Waals surface area contributed by atoms with E-state index in [1.165, 1.54) is 0 Å². The van der Waals surface area contributed by atoms with Crippen molar-refractivity contribution in [3.8, 4) is 0 Å². The molecule has 0 aliphatic carbocycles. The summed E-state index contributed by atoms with van der Waals surface area (Å²) < 4.78 is 0. The molecule has 0 heterocycles. The van der Waals surface area contributed by atoms with Crippen LogP contribution in [0.4, 0.5) is 0 Å². The number of carbonyl (C=O) groups is 2. The van der Waals surface area contributed by atoms with Crippen molar-refractivity contribution in [2.24, 2.45) is 11.8 Å². The van der Waals surface area contributed by atoms with E-state index in [0.717, 1.165) is 17.6 Å². The van der Waals surface area contributed by atoms with E-state index >= 15 is 0 Å². The van der Waals surface area contributed by atoms with Crippen molar-refractivity contribution in [2.75, 3.05) is 0 Å². The van der Waals surface area contributed by atoms with Crippen LogP contribution in [0, 0.1) is 11.8 Å². The van der Waals surface area contributed by atoms with E-state index in [1.54, 1.807) is 6.92 Å². The van der Waals surface area contributed by atoms with Gasteiger partial charge in [0.1, 0.15) is 0 Å². The van der Waals surface area contributed by atoms with Crippen LogP contribution in [0.3, 0.4) is 0 Å². The summed E-state index contributed by atoms with van der Waals surface area (Å²) in [6, 6.07) is 0. The minimum absolute atomic E-state index is 0.213. The molecule has 3 heteroatoms. The van der Waals surface area contributed by atoms with Gasteiger partial charge in [0.15, 0.2) is 0 Å². The van der Waals surface area contributed by atoms with Crippen LogP contribution in [-0.2, 0) is 9.59 Å². The van der Waals surface area contributed by atoms with Gasteiger partial charge in [-0.15, -0.1) is 0 Å². The number of nitrogens with one attached hydrogen (secondary N) is 1. The van der Waals surface area contributed by atoms with Gasteiger partial charge in [-0.1, -0.05) is 65.0 Å². The molecule has 0 aliphatic heterocycles. The molecule has 0 saturated carbocycles. The molecule has 3 nitrogen and oxygen atoms in total. The lowest BCUT2D eigenvalue weighted by Crippen LogP contribution is -2.34. The average molecular weight is 307 g/mol. The summed E-state index contributed by atoms with van der Waals surface area (Å²) in [6.45, 7) is 17.7. The zero-order valence-electron chi connectivity index (χ0n) is 15.3. The molecule has 2 amide bonds.